The molecule has 0 bridgehead atoms. The molecule has 0 N–H and O–H groups in total. The number of fused-ring (bicyclic) bond motifs is 1. The van der Waals surface area contributed by atoms with Gasteiger partial charge in [-0.05, 0) is 73.1 Å². The van der Waals surface area contributed by atoms with Crippen molar-refractivity contribution in [3.63, 3.8) is 0 Å². The maximum absolute atomic E-state index is 12.7. The first kappa shape index (κ1) is 16.1. The average molecular weight is 369 g/mol. The van der Waals surface area contributed by atoms with Crippen LogP contribution in [0.3, 0.4) is 0 Å². The lowest BCUT2D eigenvalue weighted by atomic mass is 10.1. The summed E-state index contributed by atoms with van der Waals surface area (Å²) in [5, 5.41) is 0. The largest absolute Gasteiger partial charge is 0.454 e. The Bertz CT molecular complexity index is 1070. The van der Waals surface area contributed by atoms with Crippen molar-refractivity contribution in [2.24, 2.45) is 0 Å². The molecule has 126 valence electrons. The second-order valence-electron chi connectivity index (χ2n) is 5.89. The van der Waals surface area contributed by atoms with E-state index in [1.165, 1.54) is 16.9 Å². The van der Waals surface area contributed by atoms with Crippen LogP contribution in [0.4, 0.5) is 0 Å². The molecular weight excluding hydrogens is 354 g/mol. The van der Waals surface area contributed by atoms with E-state index in [4.69, 9.17) is 21.7 Å². The first-order valence-electron chi connectivity index (χ1n) is 7.78. The lowest BCUT2D eigenvalue weighted by molar-refractivity contribution is 0.174. The number of hydrogen-bond acceptors (Lipinski definition) is 5. The second kappa shape index (κ2) is 6.13. The fraction of sp³-hybridized carbons (Fsp3) is 0.158. The van der Waals surface area contributed by atoms with Crippen LogP contribution in [-0.2, 0) is 0 Å². The van der Waals surface area contributed by atoms with Gasteiger partial charge in [0.05, 0.1) is 5.69 Å². The van der Waals surface area contributed by atoms with Crippen LogP contribution in [0, 0.1) is 17.8 Å². The predicted octanol–water partition coefficient (Wildman–Crippen LogP) is 4.64. The molecule has 6 heteroatoms. The lowest BCUT2D eigenvalue weighted by Crippen LogP contribution is -2.17. The van der Waals surface area contributed by atoms with Crippen LogP contribution in [0.5, 0.6) is 11.5 Å². The van der Waals surface area contributed by atoms with Gasteiger partial charge in [0.1, 0.15) is 0 Å². The van der Waals surface area contributed by atoms with E-state index in [1.807, 2.05) is 50.2 Å². The topological polar surface area (TPSA) is 40.5 Å². The van der Waals surface area contributed by atoms with E-state index in [-0.39, 0.29) is 12.4 Å². The minimum atomic E-state index is -0.139. The maximum atomic E-state index is 12.7. The molecular formula is C19H15NO3S2. The molecule has 0 saturated heterocycles. The Kier molecular flexibility index (Phi) is 3.94. The SMILES string of the molecule is Cc1ccc(-n2c(=O)cc(-c3ccc4c(c3)OCO4)sc2=S)cc1C. The standard InChI is InChI=1S/C19H15NO3S2/c1-11-3-5-14(7-12(11)2)20-18(21)9-17(25-19(20)24)13-4-6-15-16(8-13)23-10-22-15/h3-9H,10H2,1-2H3. The van der Waals surface area contributed by atoms with Crippen molar-refractivity contribution >= 4 is 23.6 Å². The number of benzene rings is 2. The van der Waals surface area contributed by atoms with Crippen molar-refractivity contribution < 1.29 is 9.47 Å². The third kappa shape index (κ3) is 2.88. The van der Waals surface area contributed by atoms with E-state index in [2.05, 4.69) is 0 Å². The van der Waals surface area contributed by atoms with Crippen molar-refractivity contribution in [2.75, 3.05) is 6.79 Å². The third-order valence-corrected chi connectivity index (χ3v) is 5.62. The van der Waals surface area contributed by atoms with Gasteiger partial charge in [0.2, 0.25) is 6.79 Å². The van der Waals surface area contributed by atoms with E-state index in [1.54, 1.807) is 10.6 Å². The minimum Gasteiger partial charge on any atom is -0.454 e. The van der Waals surface area contributed by atoms with E-state index in [0.717, 1.165) is 27.4 Å². The minimum absolute atomic E-state index is 0.139. The summed E-state index contributed by atoms with van der Waals surface area (Å²) in [5.41, 5.74) is 3.86. The highest BCUT2D eigenvalue weighted by Crippen LogP contribution is 2.36. The van der Waals surface area contributed by atoms with Crippen molar-refractivity contribution in [1.29, 1.82) is 0 Å². The molecule has 1 aliphatic heterocycles. The number of hydrogen-bond donors (Lipinski definition) is 0. The van der Waals surface area contributed by atoms with Crippen LogP contribution in [0.1, 0.15) is 11.1 Å². The molecule has 1 aromatic heterocycles. The van der Waals surface area contributed by atoms with Crippen molar-refractivity contribution in [1.82, 2.24) is 4.57 Å². The zero-order chi connectivity index (χ0) is 17.6. The molecule has 0 unspecified atom stereocenters. The smallest absolute Gasteiger partial charge is 0.258 e. The fourth-order valence-electron chi connectivity index (χ4n) is 2.73. The van der Waals surface area contributed by atoms with Crippen LogP contribution >= 0.6 is 23.6 Å². The molecule has 0 radical (unpaired) electrons. The van der Waals surface area contributed by atoms with Gasteiger partial charge >= 0.3 is 0 Å². The van der Waals surface area contributed by atoms with Crippen molar-refractivity contribution in [2.45, 2.75) is 13.8 Å². The third-order valence-electron chi connectivity index (χ3n) is 4.26. The highest BCUT2D eigenvalue weighted by molar-refractivity contribution is 7.73. The van der Waals surface area contributed by atoms with Gasteiger partial charge < -0.3 is 9.47 Å². The fourth-order valence-corrected chi connectivity index (χ4v) is 4.07. The van der Waals surface area contributed by atoms with Gasteiger partial charge in [-0.2, -0.15) is 0 Å². The summed E-state index contributed by atoms with van der Waals surface area (Å²) >= 11 is 6.91. The summed E-state index contributed by atoms with van der Waals surface area (Å²) in [4.78, 5) is 13.5. The lowest BCUT2D eigenvalue weighted by Gasteiger charge is -2.09. The average Bonchev–Trinajstić information content (AvgIpc) is 3.05. The molecule has 0 aliphatic carbocycles. The molecule has 3 aromatic rings. The number of rotatable bonds is 2. The van der Waals surface area contributed by atoms with Gasteiger partial charge in [-0.3, -0.25) is 9.36 Å². The number of aryl methyl sites for hydroxylation is 2. The molecule has 1 aliphatic rings. The normalized spacial score (nSPS) is 12.4. The molecule has 4 rings (SSSR count). The van der Waals surface area contributed by atoms with Gasteiger partial charge in [-0.25, -0.2) is 0 Å². The van der Waals surface area contributed by atoms with Crippen molar-refractivity contribution in [3.05, 3.63) is 67.9 Å². The molecule has 0 fully saturated rings. The Morgan fingerprint density at radius 1 is 1.00 bits per heavy atom. The summed E-state index contributed by atoms with van der Waals surface area (Å²) in [6.07, 6.45) is 0. The Balaban J connectivity index is 1.82. The molecule has 2 aromatic carbocycles. The van der Waals surface area contributed by atoms with Gasteiger partial charge in [0.15, 0.2) is 15.5 Å². The van der Waals surface area contributed by atoms with Crippen LogP contribution in [0.25, 0.3) is 16.1 Å². The maximum Gasteiger partial charge on any atom is 0.258 e. The summed E-state index contributed by atoms with van der Waals surface area (Å²) in [6, 6.07) is 13.2. The Hall–Kier alpha value is -2.44. The van der Waals surface area contributed by atoms with Crippen LogP contribution in [-0.4, -0.2) is 11.4 Å². The highest BCUT2D eigenvalue weighted by atomic mass is 32.1. The number of ether oxygens (including phenoxy) is 2. The first-order valence-corrected chi connectivity index (χ1v) is 9.00. The Morgan fingerprint density at radius 3 is 2.56 bits per heavy atom. The predicted molar refractivity (Wildman–Crippen MR) is 102 cm³/mol. The number of aromatic nitrogens is 1. The molecule has 0 spiro atoms. The molecule has 2 heterocycles. The summed E-state index contributed by atoms with van der Waals surface area (Å²) < 4.78 is 12.8. The summed E-state index contributed by atoms with van der Waals surface area (Å²) in [6.45, 7) is 4.29. The Labute approximate surface area is 153 Å². The van der Waals surface area contributed by atoms with Gasteiger partial charge in [0.25, 0.3) is 5.56 Å². The Morgan fingerprint density at radius 2 is 1.80 bits per heavy atom. The second-order valence-corrected chi connectivity index (χ2v) is 7.56. The molecule has 4 nitrogen and oxygen atoms in total. The van der Waals surface area contributed by atoms with Gasteiger partial charge in [-0.1, -0.05) is 6.07 Å². The molecule has 0 atom stereocenters. The van der Waals surface area contributed by atoms with Crippen LogP contribution in [0.15, 0.2) is 47.3 Å². The van der Waals surface area contributed by atoms with E-state index in [9.17, 15) is 4.79 Å². The monoisotopic (exact) mass is 369 g/mol. The van der Waals surface area contributed by atoms with Crippen molar-refractivity contribution in [3.8, 4) is 27.6 Å². The quantitative estimate of drug-likeness (QED) is 0.617. The number of nitrogens with zero attached hydrogens (tertiary/aromatic N) is 1. The van der Waals surface area contributed by atoms with Gasteiger partial charge in [-0.15, -0.1) is 11.3 Å². The summed E-state index contributed by atoms with van der Waals surface area (Å²) in [7, 11) is 0. The molecule has 0 saturated carbocycles. The molecule has 0 amide bonds. The van der Waals surface area contributed by atoms with E-state index in [0.29, 0.717) is 9.70 Å². The zero-order valence-corrected chi connectivity index (χ0v) is 15.4. The molecule has 25 heavy (non-hydrogen) atoms. The first-order chi connectivity index (χ1) is 12.0. The summed E-state index contributed by atoms with van der Waals surface area (Å²) in [5.74, 6) is 1.41. The van der Waals surface area contributed by atoms with Crippen LogP contribution < -0.4 is 15.0 Å². The van der Waals surface area contributed by atoms with E-state index >= 15 is 0 Å². The zero-order valence-electron chi connectivity index (χ0n) is 13.7. The van der Waals surface area contributed by atoms with Crippen LogP contribution in [0.2, 0.25) is 0 Å². The van der Waals surface area contributed by atoms with Gasteiger partial charge in [0, 0.05) is 10.9 Å². The highest BCUT2D eigenvalue weighted by Gasteiger charge is 2.15. The van der Waals surface area contributed by atoms with E-state index < -0.39 is 0 Å².